The molecule has 2 N–H and O–H groups in total. The number of aromatic nitrogens is 1. The molecule has 2 aromatic carbocycles. The smallest absolute Gasteiger partial charge is 0.288 e. The van der Waals surface area contributed by atoms with Crippen molar-refractivity contribution in [1.29, 1.82) is 0 Å². The summed E-state index contributed by atoms with van der Waals surface area (Å²) in [6.45, 7) is 0. The summed E-state index contributed by atoms with van der Waals surface area (Å²) in [5, 5.41) is 4.95. The number of carbonyl (C=O) groups is 1. The van der Waals surface area contributed by atoms with Crippen molar-refractivity contribution >= 4 is 23.0 Å². The number of benzene rings is 2. The van der Waals surface area contributed by atoms with E-state index in [2.05, 4.69) is 15.5 Å². The van der Waals surface area contributed by atoms with Gasteiger partial charge in [-0.2, -0.15) is 5.10 Å². The van der Waals surface area contributed by atoms with E-state index in [4.69, 9.17) is 4.42 Å². The lowest BCUT2D eigenvalue weighted by molar-refractivity contribution is 0.0951. The molecule has 5 heteroatoms. The molecule has 4 rings (SSSR count). The van der Waals surface area contributed by atoms with Crippen molar-refractivity contribution in [2.45, 2.75) is 0 Å². The number of rotatable bonds is 4. The van der Waals surface area contributed by atoms with Crippen LogP contribution in [0, 0.1) is 0 Å². The largest absolute Gasteiger partial charge is 0.463 e. The zero-order chi connectivity index (χ0) is 17.1. The summed E-state index contributed by atoms with van der Waals surface area (Å²) < 4.78 is 5.15. The van der Waals surface area contributed by atoms with E-state index in [0.29, 0.717) is 11.5 Å². The Hall–Kier alpha value is -3.60. The molecule has 1 amide bonds. The predicted octanol–water partition coefficient (Wildman–Crippen LogP) is 4.19. The minimum absolute atomic E-state index is 0.308. The Morgan fingerprint density at radius 1 is 1.00 bits per heavy atom. The van der Waals surface area contributed by atoms with Gasteiger partial charge < -0.3 is 9.40 Å². The third-order valence-electron chi connectivity index (χ3n) is 3.90. The van der Waals surface area contributed by atoms with E-state index in [1.165, 1.54) is 6.21 Å². The van der Waals surface area contributed by atoms with Gasteiger partial charge in [0.1, 0.15) is 11.5 Å². The van der Waals surface area contributed by atoms with E-state index >= 15 is 0 Å². The summed E-state index contributed by atoms with van der Waals surface area (Å²) in [6, 6.07) is 21.2. The van der Waals surface area contributed by atoms with E-state index in [1.54, 1.807) is 18.4 Å². The van der Waals surface area contributed by atoms with Gasteiger partial charge in [-0.3, -0.25) is 4.79 Å². The summed E-state index contributed by atoms with van der Waals surface area (Å²) in [4.78, 5) is 15.8. The molecule has 0 aliphatic rings. The van der Waals surface area contributed by atoms with Gasteiger partial charge in [0.25, 0.3) is 5.91 Å². The van der Waals surface area contributed by atoms with E-state index in [9.17, 15) is 4.79 Å². The maximum Gasteiger partial charge on any atom is 0.288 e. The lowest BCUT2D eigenvalue weighted by atomic mass is 10.0. The zero-order valence-electron chi connectivity index (χ0n) is 13.3. The second-order valence-corrected chi connectivity index (χ2v) is 5.50. The summed E-state index contributed by atoms with van der Waals surface area (Å²) in [5.74, 6) is 0.262. The Morgan fingerprint density at radius 2 is 1.80 bits per heavy atom. The van der Waals surface area contributed by atoms with Crippen molar-refractivity contribution in [2.24, 2.45) is 5.10 Å². The number of aromatic amines is 1. The molecule has 0 saturated carbocycles. The van der Waals surface area contributed by atoms with E-state index in [0.717, 1.165) is 22.0 Å². The summed E-state index contributed by atoms with van der Waals surface area (Å²) >= 11 is 0. The highest BCUT2D eigenvalue weighted by Gasteiger charge is 2.18. The minimum Gasteiger partial charge on any atom is -0.463 e. The molecule has 2 aromatic heterocycles. The Morgan fingerprint density at radius 3 is 2.60 bits per heavy atom. The first-order valence-electron chi connectivity index (χ1n) is 7.86. The highest BCUT2D eigenvalue weighted by molar-refractivity contribution is 6.09. The van der Waals surface area contributed by atoms with Crippen LogP contribution in [0.4, 0.5) is 0 Å². The average Bonchev–Trinajstić information content (AvgIpc) is 3.30. The molecular weight excluding hydrogens is 314 g/mol. The van der Waals surface area contributed by atoms with Gasteiger partial charge in [0.15, 0.2) is 0 Å². The first-order chi connectivity index (χ1) is 12.3. The molecule has 0 saturated heterocycles. The molecule has 0 fully saturated rings. The van der Waals surface area contributed by atoms with Crippen LogP contribution >= 0.6 is 0 Å². The Kier molecular flexibility index (Phi) is 3.88. The van der Waals surface area contributed by atoms with Crippen molar-refractivity contribution in [2.75, 3.05) is 0 Å². The topological polar surface area (TPSA) is 70.4 Å². The van der Waals surface area contributed by atoms with Crippen molar-refractivity contribution in [3.63, 3.8) is 0 Å². The molecule has 25 heavy (non-hydrogen) atoms. The van der Waals surface area contributed by atoms with E-state index in [1.807, 2.05) is 54.6 Å². The fourth-order valence-corrected chi connectivity index (χ4v) is 2.79. The number of nitrogens with one attached hydrogen (secondary N) is 2. The van der Waals surface area contributed by atoms with Gasteiger partial charge in [0.05, 0.1) is 12.5 Å². The number of H-pyrrole nitrogens is 1. The fraction of sp³-hybridized carbons (Fsp3) is 0. The molecule has 122 valence electrons. The van der Waals surface area contributed by atoms with Crippen LogP contribution in [0.3, 0.4) is 0 Å². The first-order valence-corrected chi connectivity index (χ1v) is 7.86. The van der Waals surface area contributed by atoms with Gasteiger partial charge >= 0.3 is 0 Å². The van der Waals surface area contributed by atoms with Gasteiger partial charge in [-0.25, -0.2) is 5.43 Å². The van der Waals surface area contributed by atoms with Gasteiger partial charge in [-0.15, -0.1) is 0 Å². The predicted molar refractivity (Wildman–Crippen MR) is 97.5 cm³/mol. The molecule has 0 aliphatic carbocycles. The molecule has 0 spiro atoms. The third kappa shape index (κ3) is 2.95. The lowest BCUT2D eigenvalue weighted by Crippen LogP contribution is -2.18. The molecule has 0 bridgehead atoms. The molecule has 2 heterocycles. The van der Waals surface area contributed by atoms with Gasteiger partial charge in [-0.05, 0) is 23.8 Å². The number of hydrazone groups is 1. The number of para-hydroxylation sites is 1. The normalized spacial score (nSPS) is 11.2. The highest BCUT2D eigenvalue weighted by atomic mass is 16.3. The standard InChI is InChI=1S/C20H15N3O2/c24-20(23-21-13-15-9-6-12-25-15)19-18(14-7-2-1-3-8-14)16-10-4-5-11-17(16)22-19/h1-13,22H,(H,23,24)/b21-13+. The van der Waals surface area contributed by atoms with Gasteiger partial charge in [0.2, 0.25) is 0 Å². The number of furan rings is 1. The first kappa shape index (κ1) is 15.0. The van der Waals surface area contributed by atoms with Crippen LogP contribution < -0.4 is 5.43 Å². The number of hydrogen-bond donors (Lipinski definition) is 2. The molecule has 5 nitrogen and oxygen atoms in total. The average molecular weight is 329 g/mol. The maximum atomic E-state index is 12.7. The minimum atomic E-state index is -0.308. The van der Waals surface area contributed by atoms with Crippen molar-refractivity contribution < 1.29 is 9.21 Å². The molecule has 0 atom stereocenters. The van der Waals surface area contributed by atoms with Crippen molar-refractivity contribution in [1.82, 2.24) is 10.4 Å². The van der Waals surface area contributed by atoms with Crippen LogP contribution in [0.15, 0.2) is 82.5 Å². The summed E-state index contributed by atoms with van der Waals surface area (Å²) in [5.41, 5.74) is 5.76. The summed E-state index contributed by atoms with van der Waals surface area (Å²) in [7, 11) is 0. The Labute approximate surface area is 144 Å². The van der Waals surface area contributed by atoms with Crippen LogP contribution in [-0.2, 0) is 0 Å². The summed E-state index contributed by atoms with van der Waals surface area (Å²) in [6.07, 6.45) is 3.01. The molecule has 0 unspecified atom stereocenters. The number of nitrogens with zero attached hydrogens (tertiary/aromatic N) is 1. The van der Waals surface area contributed by atoms with Crippen LogP contribution in [0.5, 0.6) is 0 Å². The lowest BCUT2D eigenvalue weighted by Gasteiger charge is -2.04. The second-order valence-electron chi connectivity index (χ2n) is 5.50. The van der Waals surface area contributed by atoms with Gasteiger partial charge in [0, 0.05) is 16.5 Å². The van der Waals surface area contributed by atoms with Crippen LogP contribution in [0.2, 0.25) is 0 Å². The number of amides is 1. The zero-order valence-corrected chi connectivity index (χ0v) is 13.3. The van der Waals surface area contributed by atoms with Crippen LogP contribution in [0.25, 0.3) is 22.0 Å². The Balaban J connectivity index is 1.72. The molecular formula is C20H15N3O2. The number of carbonyl (C=O) groups excluding carboxylic acids is 1. The van der Waals surface area contributed by atoms with E-state index in [-0.39, 0.29) is 5.91 Å². The third-order valence-corrected chi connectivity index (χ3v) is 3.90. The SMILES string of the molecule is O=C(N/N=C/c1ccco1)c1[nH]c2ccccc2c1-c1ccccc1. The monoisotopic (exact) mass is 329 g/mol. The molecule has 0 radical (unpaired) electrons. The van der Waals surface area contributed by atoms with Crippen molar-refractivity contribution in [3.05, 3.63) is 84.4 Å². The molecule has 4 aromatic rings. The maximum absolute atomic E-state index is 12.7. The molecule has 0 aliphatic heterocycles. The second kappa shape index (κ2) is 6.49. The quantitative estimate of drug-likeness (QED) is 0.435. The van der Waals surface area contributed by atoms with E-state index < -0.39 is 0 Å². The van der Waals surface area contributed by atoms with Crippen LogP contribution in [0.1, 0.15) is 16.2 Å². The van der Waals surface area contributed by atoms with Gasteiger partial charge in [-0.1, -0.05) is 48.5 Å². The van der Waals surface area contributed by atoms with Crippen LogP contribution in [-0.4, -0.2) is 17.1 Å². The van der Waals surface area contributed by atoms with Crippen molar-refractivity contribution in [3.8, 4) is 11.1 Å². The fourth-order valence-electron chi connectivity index (χ4n) is 2.79. The Bertz CT molecular complexity index is 1030. The number of fused-ring (bicyclic) bond motifs is 1. The number of hydrogen-bond acceptors (Lipinski definition) is 3. The highest BCUT2D eigenvalue weighted by Crippen LogP contribution is 2.32.